The smallest absolute Gasteiger partial charge is 0.0695 e. The van der Waals surface area contributed by atoms with Crippen LogP contribution in [0.25, 0.3) is 11.3 Å². The van der Waals surface area contributed by atoms with Crippen molar-refractivity contribution >= 4 is 0 Å². The second kappa shape index (κ2) is 5.97. The molecule has 5 nitrogen and oxygen atoms in total. The average Bonchev–Trinajstić information content (AvgIpc) is 2.90. The predicted molar refractivity (Wildman–Crippen MR) is 80.8 cm³/mol. The monoisotopic (exact) mass is 287 g/mol. The van der Waals surface area contributed by atoms with Crippen molar-refractivity contribution in [3.8, 4) is 11.3 Å². The maximum atomic E-state index is 9.42. The first-order valence-corrected chi connectivity index (χ1v) is 7.21. The zero-order valence-corrected chi connectivity index (χ0v) is 12.2. The van der Waals surface area contributed by atoms with E-state index in [0.717, 1.165) is 29.9 Å². The van der Waals surface area contributed by atoms with Crippen molar-refractivity contribution in [1.82, 2.24) is 15.5 Å². The Bertz CT molecular complexity index is 600. The molecule has 5 heteroatoms. The van der Waals surface area contributed by atoms with E-state index in [1.165, 1.54) is 5.56 Å². The van der Waals surface area contributed by atoms with Crippen molar-refractivity contribution in [3.05, 3.63) is 41.6 Å². The van der Waals surface area contributed by atoms with Gasteiger partial charge in [-0.1, -0.05) is 23.8 Å². The van der Waals surface area contributed by atoms with E-state index in [9.17, 15) is 5.11 Å². The van der Waals surface area contributed by atoms with Gasteiger partial charge < -0.3 is 15.2 Å². The van der Waals surface area contributed by atoms with Crippen LogP contribution in [0.1, 0.15) is 11.1 Å². The quantitative estimate of drug-likeness (QED) is 0.753. The maximum absolute atomic E-state index is 9.42. The van der Waals surface area contributed by atoms with Crippen LogP contribution in [-0.2, 0) is 11.3 Å². The molecule has 1 fully saturated rings. The highest BCUT2D eigenvalue weighted by Gasteiger charge is 2.37. The average molecular weight is 287 g/mol. The third kappa shape index (κ3) is 3.00. The lowest BCUT2D eigenvalue weighted by molar-refractivity contribution is -0.134. The van der Waals surface area contributed by atoms with Gasteiger partial charge in [-0.2, -0.15) is 5.10 Å². The number of hydrogen-bond acceptors (Lipinski definition) is 4. The molecule has 3 rings (SSSR count). The van der Waals surface area contributed by atoms with E-state index in [0.29, 0.717) is 13.2 Å². The van der Waals surface area contributed by atoms with Gasteiger partial charge in [0.05, 0.1) is 37.1 Å². The number of aromatic nitrogens is 2. The molecule has 0 aliphatic carbocycles. The summed E-state index contributed by atoms with van der Waals surface area (Å²) in [4.78, 5) is 0. The van der Waals surface area contributed by atoms with Crippen molar-refractivity contribution in [2.24, 2.45) is 5.41 Å². The number of nitrogens with zero attached hydrogens (tertiary/aromatic N) is 1. The van der Waals surface area contributed by atoms with Crippen molar-refractivity contribution in [3.63, 3.8) is 0 Å². The van der Waals surface area contributed by atoms with Crippen LogP contribution >= 0.6 is 0 Å². The summed E-state index contributed by atoms with van der Waals surface area (Å²) in [5.41, 5.74) is 4.45. The van der Waals surface area contributed by atoms with Gasteiger partial charge in [0, 0.05) is 24.2 Å². The fraction of sp³-hybridized carbons (Fsp3) is 0.438. The molecule has 2 heterocycles. The molecule has 0 atom stereocenters. The van der Waals surface area contributed by atoms with E-state index in [-0.39, 0.29) is 12.0 Å². The normalized spacial score (nSPS) is 16.7. The minimum atomic E-state index is -0.104. The summed E-state index contributed by atoms with van der Waals surface area (Å²) in [5.74, 6) is 0. The number of nitrogens with one attached hydrogen (secondary N) is 2. The highest BCUT2D eigenvalue weighted by molar-refractivity contribution is 5.63. The van der Waals surface area contributed by atoms with Gasteiger partial charge in [-0.25, -0.2) is 0 Å². The van der Waals surface area contributed by atoms with Gasteiger partial charge in [-0.15, -0.1) is 0 Å². The number of rotatable bonds is 6. The molecule has 0 amide bonds. The van der Waals surface area contributed by atoms with Crippen LogP contribution in [0.2, 0.25) is 0 Å². The Kier molecular flexibility index (Phi) is 4.05. The van der Waals surface area contributed by atoms with E-state index >= 15 is 0 Å². The lowest BCUT2D eigenvalue weighted by Gasteiger charge is -2.40. The fourth-order valence-electron chi connectivity index (χ4n) is 2.60. The summed E-state index contributed by atoms with van der Waals surface area (Å²) >= 11 is 0. The molecule has 0 radical (unpaired) electrons. The van der Waals surface area contributed by atoms with Crippen molar-refractivity contribution < 1.29 is 9.84 Å². The molecule has 2 aromatic rings. The number of H-pyrrole nitrogens is 1. The van der Waals surface area contributed by atoms with Crippen LogP contribution in [0.5, 0.6) is 0 Å². The molecule has 1 aromatic carbocycles. The number of ether oxygens (including phenoxy) is 1. The molecule has 1 aliphatic rings. The highest BCUT2D eigenvalue weighted by Crippen LogP contribution is 2.26. The zero-order chi connectivity index (χ0) is 14.7. The van der Waals surface area contributed by atoms with Crippen LogP contribution < -0.4 is 5.32 Å². The van der Waals surface area contributed by atoms with Crippen molar-refractivity contribution in [2.75, 3.05) is 26.4 Å². The molecule has 0 saturated carbocycles. The molecule has 0 spiro atoms. The number of aromatic amines is 1. The summed E-state index contributed by atoms with van der Waals surface area (Å²) in [6, 6.07) is 8.36. The third-order valence-electron chi connectivity index (χ3n) is 3.99. The van der Waals surface area contributed by atoms with E-state index in [1.807, 2.05) is 6.20 Å². The Morgan fingerprint density at radius 2 is 2.29 bits per heavy atom. The molecule has 0 unspecified atom stereocenters. The number of hydrogen-bond donors (Lipinski definition) is 3. The minimum Gasteiger partial charge on any atom is -0.396 e. The first kappa shape index (κ1) is 14.3. The third-order valence-corrected chi connectivity index (χ3v) is 3.99. The maximum Gasteiger partial charge on any atom is 0.0695 e. The molecule has 0 bridgehead atoms. The molecule has 112 valence electrons. The highest BCUT2D eigenvalue weighted by atomic mass is 16.5. The van der Waals surface area contributed by atoms with Gasteiger partial charge >= 0.3 is 0 Å². The summed E-state index contributed by atoms with van der Waals surface area (Å²) in [5, 5.41) is 20.1. The van der Waals surface area contributed by atoms with Crippen LogP contribution in [0.4, 0.5) is 0 Å². The van der Waals surface area contributed by atoms with Gasteiger partial charge in [0.25, 0.3) is 0 Å². The Morgan fingerprint density at radius 1 is 1.43 bits per heavy atom. The van der Waals surface area contributed by atoms with Gasteiger partial charge in [0.2, 0.25) is 0 Å². The van der Waals surface area contributed by atoms with Gasteiger partial charge in [0.1, 0.15) is 0 Å². The van der Waals surface area contributed by atoms with Gasteiger partial charge in [-0.05, 0) is 13.0 Å². The number of benzene rings is 1. The largest absolute Gasteiger partial charge is 0.396 e. The van der Waals surface area contributed by atoms with Crippen LogP contribution in [0.15, 0.2) is 30.5 Å². The number of aliphatic hydroxyl groups excluding tert-OH is 1. The standard InChI is InChI=1S/C16H21N3O2/c1-12-3-2-4-13(5-12)15-14(7-18-19-15)6-17-8-16(9-20)10-21-11-16/h2-5,7,17,20H,6,8-11H2,1H3,(H,18,19). The second-order valence-electron chi connectivity index (χ2n) is 5.89. The Balaban J connectivity index is 1.66. The van der Waals surface area contributed by atoms with E-state index in [1.54, 1.807) is 0 Å². The molecular weight excluding hydrogens is 266 g/mol. The van der Waals surface area contributed by atoms with E-state index < -0.39 is 0 Å². The van der Waals surface area contributed by atoms with Gasteiger partial charge in [0.15, 0.2) is 0 Å². The fourth-order valence-corrected chi connectivity index (χ4v) is 2.60. The molecular formula is C16H21N3O2. The molecule has 1 saturated heterocycles. The van der Waals surface area contributed by atoms with Gasteiger partial charge in [-0.3, -0.25) is 5.10 Å². The first-order chi connectivity index (χ1) is 10.2. The number of aryl methyl sites for hydroxylation is 1. The van der Waals surface area contributed by atoms with E-state index in [2.05, 4.69) is 46.7 Å². The lowest BCUT2D eigenvalue weighted by atomic mass is 9.87. The van der Waals surface area contributed by atoms with Crippen LogP contribution in [-0.4, -0.2) is 41.7 Å². The SMILES string of the molecule is Cc1cccc(-c2[nH]ncc2CNCC2(CO)COC2)c1. The zero-order valence-electron chi connectivity index (χ0n) is 12.2. The summed E-state index contributed by atoms with van der Waals surface area (Å²) in [6.45, 7) is 4.98. The second-order valence-corrected chi connectivity index (χ2v) is 5.89. The lowest BCUT2D eigenvalue weighted by Crippen LogP contribution is -2.52. The van der Waals surface area contributed by atoms with Crippen LogP contribution in [0.3, 0.4) is 0 Å². The summed E-state index contributed by atoms with van der Waals surface area (Å²) < 4.78 is 5.20. The molecule has 21 heavy (non-hydrogen) atoms. The van der Waals surface area contributed by atoms with Crippen molar-refractivity contribution in [1.29, 1.82) is 0 Å². The van der Waals surface area contributed by atoms with Crippen molar-refractivity contribution in [2.45, 2.75) is 13.5 Å². The minimum absolute atomic E-state index is 0.104. The summed E-state index contributed by atoms with van der Waals surface area (Å²) in [7, 11) is 0. The predicted octanol–water partition coefficient (Wildman–Crippen LogP) is 1.48. The summed E-state index contributed by atoms with van der Waals surface area (Å²) in [6.07, 6.45) is 1.85. The number of aliphatic hydroxyl groups is 1. The molecule has 1 aromatic heterocycles. The first-order valence-electron chi connectivity index (χ1n) is 7.21. The Labute approximate surface area is 124 Å². The van der Waals surface area contributed by atoms with Crippen LogP contribution in [0, 0.1) is 12.3 Å². The Hall–Kier alpha value is -1.69. The molecule has 3 N–H and O–H groups in total. The Morgan fingerprint density at radius 3 is 2.95 bits per heavy atom. The topological polar surface area (TPSA) is 70.2 Å². The molecule has 1 aliphatic heterocycles. The van der Waals surface area contributed by atoms with E-state index in [4.69, 9.17) is 4.74 Å².